The summed E-state index contributed by atoms with van der Waals surface area (Å²) in [6, 6.07) is 5.32. The fourth-order valence-corrected chi connectivity index (χ4v) is 2.01. The first-order valence-corrected chi connectivity index (χ1v) is 5.65. The van der Waals surface area contributed by atoms with Gasteiger partial charge in [0.2, 0.25) is 0 Å². The number of nitrogens with one attached hydrogen (secondary N) is 1. The van der Waals surface area contributed by atoms with Crippen molar-refractivity contribution < 1.29 is 9.53 Å². The van der Waals surface area contributed by atoms with Crippen LogP contribution >= 0.6 is 0 Å². The average molecular weight is 235 g/mol. The Balaban J connectivity index is 2.22. The summed E-state index contributed by atoms with van der Waals surface area (Å²) in [6.07, 6.45) is 1.05. The third-order valence-corrected chi connectivity index (χ3v) is 3.03. The van der Waals surface area contributed by atoms with Crippen LogP contribution in [0.2, 0.25) is 0 Å². The predicted octanol–water partition coefficient (Wildman–Crippen LogP) is 0.957. The van der Waals surface area contributed by atoms with E-state index in [1.807, 2.05) is 6.92 Å². The van der Waals surface area contributed by atoms with Gasteiger partial charge < -0.3 is 21.5 Å². The number of anilines is 2. The molecule has 1 amide bonds. The lowest BCUT2D eigenvalue weighted by molar-refractivity contribution is 0.100. The fraction of sp³-hybridized carbons (Fsp3) is 0.417. The van der Waals surface area contributed by atoms with E-state index in [2.05, 4.69) is 5.32 Å². The van der Waals surface area contributed by atoms with E-state index in [-0.39, 0.29) is 12.1 Å². The molecule has 1 aromatic carbocycles. The van der Waals surface area contributed by atoms with E-state index in [1.165, 1.54) is 0 Å². The molecular weight excluding hydrogens is 218 g/mol. The number of amides is 1. The van der Waals surface area contributed by atoms with Crippen LogP contribution in [0, 0.1) is 0 Å². The maximum atomic E-state index is 11.3. The number of carbonyl (C=O) groups excluding carboxylic acids is 1. The number of benzene rings is 1. The second-order valence-electron chi connectivity index (χ2n) is 4.28. The van der Waals surface area contributed by atoms with Crippen molar-refractivity contribution in [3.05, 3.63) is 23.8 Å². The molecule has 0 aliphatic carbocycles. The number of carbonyl (C=O) groups is 1. The zero-order chi connectivity index (χ0) is 12.4. The molecule has 2 unspecified atom stereocenters. The summed E-state index contributed by atoms with van der Waals surface area (Å²) in [5.41, 5.74) is 12.6. The van der Waals surface area contributed by atoms with Crippen molar-refractivity contribution in [1.29, 1.82) is 0 Å². The van der Waals surface area contributed by atoms with Crippen LogP contribution in [0.25, 0.3) is 0 Å². The molecule has 2 atom stereocenters. The highest BCUT2D eigenvalue weighted by Crippen LogP contribution is 2.23. The summed E-state index contributed by atoms with van der Waals surface area (Å²) >= 11 is 0. The molecule has 0 spiro atoms. The number of rotatable bonds is 3. The van der Waals surface area contributed by atoms with Gasteiger partial charge in [-0.1, -0.05) is 0 Å². The molecule has 0 aromatic heterocycles. The average Bonchev–Trinajstić information content (AvgIpc) is 2.67. The highest BCUT2D eigenvalue weighted by molar-refractivity contribution is 5.99. The zero-order valence-electron chi connectivity index (χ0n) is 9.77. The van der Waals surface area contributed by atoms with Crippen LogP contribution < -0.4 is 16.8 Å². The fourth-order valence-electron chi connectivity index (χ4n) is 2.01. The summed E-state index contributed by atoms with van der Waals surface area (Å²) < 4.78 is 5.46. The lowest BCUT2D eigenvalue weighted by atomic mass is 10.1. The van der Waals surface area contributed by atoms with E-state index in [0.29, 0.717) is 16.9 Å². The largest absolute Gasteiger partial charge is 0.399 e. The van der Waals surface area contributed by atoms with Crippen LogP contribution in [0.4, 0.5) is 11.4 Å². The van der Waals surface area contributed by atoms with Crippen LogP contribution in [0.3, 0.4) is 0 Å². The summed E-state index contributed by atoms with van der Waals surface area (Å²) in [5, 5.41) is 3.29. The monoisotopic (exact) mass is 235 g/mol. The SMILES string of the molecule is CC1OCCC1Nc1ccc(N)cc1C(N)=O. The molecule has 5 heteroatoms. The summed E-state index contributed by atoms with van der Waals surface area (Å²) in [6.45, 7) is 2.74. The van der Waals surface area contributed by atoms with Gasteiger partial charge in [-0.15, -0.1) is 0 Å². The molecule has 0 saturated carbocycles. The molecule has 5 N–H and O–H groups in total. The molecule has 1 fully saturated rings. The Kier molecular flexibility index (Phi) is 3.19. The highest BCUT2D eigenvalue weighted by Gasteiger charge is 2.25. The summed E-state index contributed by atoms with van der Waals surface area (Å²) in [4.78, 5) is 11.3. The van der Waals surface area contributed by atoms with Crippen molar-refractivity contribution in [1.82, 2.24) is 0 Å². The first kappa shape index (κ1) is 11.7. The van der Waals surface area contributed by atoms with Gasteiger partial charge in [0, 0.05) is 18.0 Å². The highest BCUT2D eigenvalue weighted by atomic mass is 16.5. The topological polar surface area (TPSA) is 90.4 Å². The van der Waals surface area contributed by atoms with Crippen molar-refractivity contribution in [2.75, 3.05) is 17.7 Å². The Morgan fingerprint density at radius 2 is 2.29 bits per heavy atom. The molecule has 92 valence electrons. The van der Waals surface area contributed by atoms with Gasteiger partial charge in [0.15, 0.2) is 0 Å². The Bertz CT molecular complexity index is 434. The number of nitrogen functional groups attached to an aromatic ring is 1. The van der Waals surface area contributed by atoms with Crippen LogP contribution in [-0.4, -0.2) is 24.7 Å². The van der Waals surface area contributed by atoms with Crippen molar-refractivity contribution in [3.63, 3.8) is 0 Å². The van der Waals surface area contributed by atoms with Gasteiger partial charge in [-0.25, -0.2) is 0 Å². The Morgan fingerprint density at radius 3 is 2.88 bits per heavy atom. The second kappa shape index (κ2) is 4.63. The first-order chi connectivity index (χ1) is 8.08. The smallest absolute Gasteiger partial charge is 0.250 e. The predicted molar refractivity (Wildman–Crippen MR) is 66.8 cm³/mol. The number of ether oxygens (including phenoxy) is 1. The zero-order valence-corrected chi connectivity index (χ0v) is 9.77. The van der Waals surface area contributed by atoms with Crippen molar-refractivity contribution in [2.45, 2.75) is 25.5 Å². The van der Waals surface area contributed by atoms with E-state index in [0.717, 1.165) is 13.0 Å². The number of hydrogen-bond donors (Lipinski definition) is 3. The third-order valence-electron chi connectivity index (χ3n) is 3.03. The molecule has 17 heavy (non-hydrogen) atoms. The standard InChI is InChI=1S/C12H17N3O2/c1-7-10(4-5-17-7)15-11-3-2-8(13)6-9(11)12(14)16/h2-3,6-7,10,15H,4-5,13H2,1H3,(H2,14,16). The lowest BCUT2D eigenvalue weighted by Crippen LogP contribution is -2.28. The van der Waals surface area contributed by atoms with Gasteiger partial charge in [0.1, 0.15) is 0 Å². The van der Waals surface area contributed by atoms with E-state index < -0.39 is 5.91 Å². The van der Waals surface area contributed by atoms with Crippen molar-refractivity contribution in [2.24, 2.45) is 5.73 Å². The second-order valence-corrected chi connectivity index (χ2v) is 4.28. The van der Waals surface area contributed by atoms with E-state index in [4.69, 9.17) is 16.2 Å². The molecule has 0 bridgehead atoms. The van der Waals surface area contributed by atoms with Gasteiger partial charge in [-0.2, -0.15) is 0 Å². The van der Waals surface area contributed by atoms with Gasteiger partial charge >= 0.3 is 0 Å². The first-order valence-electron chi connectivity index (χ1n) is 5.65. The minimum Gasteiger partial charge on any atom is -0.399 e. The van der Waals surface area contributed by atoms with Gasteiger partial charge in [0.25, 0.3) is 5.91 Å². The molecular formula is C12H17N3O2. The Hall–Kier alpha value is -1.75. The van der Waals surface area contributed by atoms with Crippen LogP contribution in [0.1, 0.15) is 23.7 Å². The van der Waals surface area contributed by atoms with E-state index in [9.17, 15) is 4.79 Å². The Labute approximate surface area is 100 Å². The maximum Gasteiger partial charge on any atom is 0.250 e. The molecule has 5 nitrogen and oxygen atoms in total. The maximum absolute atomic E-state index is 11.3. The van der Waals surface area contributed by atoms with Gasteiger partial charge in [-0.05, 0) is 31.5 Å². The lowest BCUT2D eigenvalue weighted by Gasteiger charge is -2.19. The Morgan fingerprint density at radius 1 is 1.53 bits per heavy atom. The summed E-state index contributed by atoms with van der Waals surface area (Å²) in [5.74, 6) is -0.480. The van der Waals surface area contributed by atoms with Crippen LogP contribution in [0.15, 0.2) is 18.2 Å². The van der Waals surface area contributed by atoms with E-state index in [1.54, 1.807) is 18.2 Å². The molecule has 1 aromatic rings. The summed E-state index contributed by atoms with van der Waals surface area (Å²) in [7, 11) is 0. The van der Waals surface area contributed by atoms with Crippen molar-refractivity contribution >= 4 is 17.3 Å². The minimum atomic E-state index is -0.480. The molecule has 1 saturated heterocycles. The molecule has 1 aliphatic rings. The molecule has 1 heterocycles. The van der Waals surface area contributed by atoms with Crippen LogP contribution in [0.5, 0.6) is 0 Å². The molecule has 1 aliphatic heterocycles. The van der Waals surface area contributed by atoms with Crippen molar-refractivity contribution in [3.8, 4) is 0 Å². The van der Waals surface area contributed by atoms with Gasteiger partial charge in [0.05, 0.1) is 17.7 Å². The third kappa shape index (κ3) is 2.50. The molecule has 0 radical (unpaired) electrons. The minimum absolute atomic E-state index is 0.133. The quantitative estimate of drug-likeness (QED) is 0.680. The molecule has 2 rings (SSSR count). The van der Waals surface area contributed by atoms with Gasteiger partial charge in [-0.3, -0.25) is 4.79 Å². The number of primary amides is 1. The number of hydrogen-bond acceptors (Lipinski definition) is 4. The van der Waals surface area contributed by atoms with E-state index >= 15 is 0 Å². The normalized spacial score (nSPS) is 23.6. The number of nitrogens with two attached hydrogens (primary N) is 2. The van der Waals surface area contributed by atoms with Crippen LogP contribution in [-0.2, 0) is 4.74 Å².